The summed E-state index contributed by atoms with van der Waals surface area (Å²) in [6.07, 6.45) is 4.20. The summed E-state index contributed by atoms with van der Waals surface area (Å²) in [5.74, 6) is 0. The van der Waals surface area contributed by atoms with Crippen LogP contribution in [0.15, 0.2) is 12.4 Å². The molecule has 1 rings (SSSR count). The maximum absolute atomic E-state index is 2.25. The third-order valence-electron chi connectivity index (χ3n) is 1.34. The van der Waals surface area contributed by atoms with E-state index in [1.165, 1.54) is 0 Å². The number of hydrogen-bond acceptors (Lipinski definition) is 2. The Kier molecular flexibility index (Phi) is 3.74. The summed E-state index contributed by atoms with van der Waals surface area (Å²) in [6.45, 7) is 4.32. The average Bonchev–Trinajstić information content (AvgIpc) is 2.14. The quantitative estimate of drug-likeness (QED) is 0.530. The molecule has 0 aromatic heterocycles. The second-order valence-electron chi connectivity index (χ2n) is 2.10. The number of nitrogens with zero attached hydrogens (tertiary/aromatic N) is 2. The summed E-state index contributed by atoms with van der Waals surface area (Å²) >= 11 is 0. The van der Waals surface area contributed by atoms with Crippen LogP contribution in [0.25, 0.3) is 0 Å². The monoisotopic (exact) mass is 194 g/mol. The van der Waals surface area contributed by atoms with E-state index in [-0.39, 0.29) is 17.1 Å². The molecule has 54 valence electrons. The Morgan fingerprint density at radius 2 is 2.11 bits per heavy atom. The van der Waals surface area contributed by atoms with Crippen molar-refractivity contribution in [2.75, 3.05) is 20.3 Å². The Labute approximate surface area is 67.0 Å². The number of hydrogen-bond donors (Lipinski definition) is 0. The molecular formula is C6H14N2Se. The summed E-state index contributed by atoms with van der Waals surface area (Å²) in [7, 11) is 2.08. The van der Waals surface area contributed by atoms with E-state index >= 15 is 0 Å². The Hall–Kier alpha value is -0.141. The van der Waals surface area contributed by atoms with E-state index in [2.05, 4.69) is 36.2 Å². The van der Waals surface area contributed by atoms with Crippen LogP contribution >= 0.6 is 0 Å². The van der Waals surface area contributed by atoms with Crippen molar-refractivity contribution in [3.63, 3.8) is 0 Å². The molecule has 0 saturated heterocycles. The van der Waals surface area contributed by atoms with E-state index in [4.69, 9.17) is 0 Å². The van der Waals surface area contributed by atoms with Crippen LogP contribution in [-0.2, 0) is 0 Å². The van der Waals surface area contributed by atoms with Crippen LogP contribution in [0.5, 0.6) is 0 Å². The molecule has 0 aliphatic carbocycles. The Bertz CT molecular complexity index is 103. The number of rotatable bonds is 1. The van der Waals surface area contributed by atoms with Crippen molar-refractivity contribution < 1.29 is 0 Å². The minimum atomic E-state index is 0. The zero-order valence-corrected chi connectivity index (χ0v) is 8.06. The van der Waals surface area contributed by atoms with Gasteiger partial charge in [-0.05, 0) is 6.92 Å². The first kappa shape index (κ1) is 8.86. The first-order chi connectivity index (χ1) is 3.83. The molecule has 0 bridgehead atoms. The van der Waals surface area contributed by atoms with Gasteiger partial charge in [0, 0.05) is 26.0 Å². The molecule has 1 heterocycles. The van der Waals surface area contributed by atoms with Crippen molar-refractivity contribution in [3.8, 4) is 0 Å². The fraction of sp³-hybridized carbons (Fsp3) is 0.667. The van der Waals surface area contributed by atoms with Gasteiger partial charge in [-0.3, -0.25) is 0 Å². The molecule has 0 aromatic carbocycles. The summed E-state index contributed by atoms with van der Waals surface area (Å²) in [4.78, 5) is 4.41. The SMILES string of the molecule is CCN1C=CN(C)C1.[SeH2]. The summed E-state index contributed by atoms with van der Waals surface area (Å²) in [5.41, 5.74) is 0. The van der Waals surface area contributed by atoms with Gasteiger partial charge in [0.15, 0.2) is 0 Å². The van der Waals surface area contributed by atoms with Gasteiger partial charge < -0.3 is 9.80 Å². The molecule has 2 nitrogen and oxygen atoms in total. The van der Waals surface area contributed by atoms with E-state index in [1.54, 1.807) is 0 Å². The van der Waals surface area contributed by atoms with Gasteiger partial charge in [0.25, 0.3) is 0 Å². The average molecular weight is 193 g/mol. The standard InChI is InChI=1S/C6H12N2.H2Se/c1-3-8-5-4-7(2)6-8;/h4-5H,3,6H2,1-2H3;1H2. The van der Waals surface area contributed by atoms with Crippen molar-refractivity contribution in [2.24, 2.45) is 0 Å². The van der Waals surface area contributed by atoms with E-state index in [9.17, 15) is 0 Å². The fourth-order valence-corrected chi connectivity index (χ4v) is 0.794. The van der Waals surface area contributed by atoms with Gasteiger partial charge >= 0.3 is 17.1 Å². The van der Waals surface area contributed by atoms with E-state index in [1.807, 2.05) is 0 Å². The van der Waals surface area contributed by atoms with Crippen molar-refractivity contribution >= 4 is 17.1 Å². The zero-order valence-electron chi connectivity index (χ0n) is 5.96. The van der Waals surface area contributed by atoms with Crippen molar-refractivity contribution in [2.45, 2.75) is 6.92 Å². The molecule has 3 heteroatoms. The predicted octanol–water partition coefficient (Wildman–Crippen LogP) is -0.234. The molecule has 0 N–H and O–H groups in total. The molecule has 0 radical (unpaired) electrons. The predicted molar refractivity (Wildman–Crippen MR) is 42.7 cm³/mol. The summed E-state index contributed by atoms with van der Waals surface area (Å²) in [5, 5.41) is 0. The van der Waals surface area contributed by atoms with Gasteiger partial charge in [-0.2, -0.15) is 0 Å². The van der Waals surface area contributed by atoms with Gasteiger partial charge in [-0.1, -0.05) is 0 Å². The van der Waals surface area contributed by atoms with Crippen molar-refractivity contribution in [1.29, 1.82) is 0 Å². The summed E-state index contributed by atoms with van der Waals surface area (Å²) in [6, 6.07) is 0. The third kappa shape index (κ3) is 2.29. The fourth-order valence-electron chi connectivity index (χ4n) is 0.794. The van der Waals surface area contributed by atoms with Crippen LogP contribution < -0.4 is 0 Å². The molecular weight excluding hydrogens is 179 g/mol. The topological polar surface area (TPSA) is 6.48 Å². The molecule has 1 aliphatic heterocycles. The molecule has 0 fully saturated rings. The maximum atomic E-state index is 2.25. The second-order valence-corrected chi connectivity index (χ2v) is 2.10. The van der Waals surface area contributed by atoms with E-state index in [0.717, 1.165) is 13.2 Å². The van der Waals surface area contributed by atoms with Gasteiger partial charge in [-0.15, -0.1) is 0 Å². The molecule has 0 saturated carbocycles. The second kappa shape index (κ2) is 3.80. The molecule has 1 aliphatic rings. The van der Waals surface area contributed by atoms with Gasteiger partial charge in [-0.25, -0.2) is 0 Å². The molecule has 0 amide bonds. The van der Waals surface area contributed by atoms with Crippen molar-refractivity contribution in [3.05, 3.63) is 12.4 Å². The van der Waals surface area contributed by atoms with Crippen LogP contribution in [0.4, 0.5) is 0 Å². The molecule has 0 unspecified atom stereocenters. The van der Waals surface area contributed by atoms with Gasteiger partial charge in [0.05, 0.1) is 6.67 Å². The van der Waals surface area contributed by atoms with Crippen LogP contribution in [0.1, 0.15) is 6.92 Å². The van der Waals surface area contributed by atoms with Crippen LogP contribution in [0, 0.1) is 0 Å². The molecule has 0 aromatic rings. The Morgan fingerprint density at radius 1 is 1.44 bits per heavy atom. The molecule has 9 heavy (non-hydrogen) atoms. The minimum absolute atomic E-state index is 0. The van der Waals surface area contributed by atoms with Gasteiger partial charge in [0.2, 0.25) is 0 Å². The first-order valence-corrected chi connectivity index (χ1v) is 2.95. The zero-order chi connectivity index (χ0) is 5.98. The van der Waals surface area contributed by atoms with Crippen molar-refractivity contribution in [1.82, 2.24) is 9.80 Å². The first-order valence-electron chi connectivity index (χ1n) is 2.95. The van der Waals surface area contributed by atoms with Crippen LogP contribution in [-0.4, -0.2) is 47.1 Å². The van der Waals surface area contributed by atoms with E-state index < -0.39 is 0 Å². The Morgan fingerprint density at radius 3 is 2.33 bits per heavy atom. The van der Waals surface area contributed by atoms with Gasteiger partial charge in [0.1, 0.15) is 0 Å². The van der Waals surface area contributed by atoms with Crippen LogP contribution in [0.2, 0.25) is 0 Å². The molecule has 0 atom stereocenters. The molecule has 0 spiro atoms. The third-order valence-corrected chi connectivity index (χ3v) is 1.34. The summed E-state index contributed by atoms with van der Waals surface area (Å²) < 4.78 is 0. The van der Waals surface area contributed by atoms with E-state index in [0.29, 0.717) is 0 Å². The normalized spacial score (nSPS) is 16.2. The van der Waals surface area contributed by atoms with Crippen LogP contribution in [0.3, 0.4) is 0 Å². The Balaban J connectivity index is 0.000000640.